The molecule has 1 fully saturated rings. The predicted molar refractivity (Wildman–Crippen MR) is 65.1 cm³/mol. The van der Waals surface area contributed by atoms with Crippen molar-refractivity contribution in [3.63, 3.8) is 0 Å². The molecule has 1 rings (SSSR count). The van der Waals surface area contributed by atoms with Crippen molar-refractivity contribution in [2.45, 2.75) is 25.7 Å². The Morgan fingerprint density at radius 2 is 1.81 bits per heavy atom. The molecule has 0 bridgehead atoms. The van der Waals surface area contributed by atoms with E-state index >= 15 is 0 Å². The van der Waals surface area contributed by atoms with E-state index in [2.05, 4.69) is 4.72 Å². The van der Waals surface area contributed by atoms with Gasteiger partial charge in [0.1, 0.15) is 0 Å². The maximum atomic E-state index is 11.6. The Balaban J connectivity index is 2.47. The molecule has 0 radical (unpaired) electrons. The second-order valence-corrected chi connectivity index (χ2v) is 6.65. The van der Waals surface area contributed by atoms with Gasteiger partial charge in [-0.2, -0.15) is 12.7 Å². The second-order valence-electron chi connectivity index (χ2n) is 4.68. The molecule has 0 aromatic rings. The average Bonchev–Trinajstić information content (AvgIpc) is 2.26. The maximum absolute atomic E-state index is 11.6. The van der Waals surface area contributed by atoms with Crippen LogP contribution in [0.25, 0.3) is 0 Å². The van der Waals surface area contributed by atoms with E-state index < -0.39 is 10.2 Å². The van der Waals surface area contributed by atoms with Crippen molar-refractivity contribution in [1.82, 2.24) is 9.03 Å². The zero-order chi connectivity index (χ0) is 12.2. The van der Waals surface area contributed by atoms with Crippen molar-refractivity contribution < 1.29 is 8.42 Å². The van der Waals surface area contributed by atoms with Crippen molar-refractivity contribution in [3.8, 4) is 0 Å². The minimum absolute atomic E-state index is 0.397. The fourth-order valence-corrected chi connectivity index (χ4v) is 2.89. The summed E-state index contributed by atoms with van der Waals surface area (Å²) in [5, 5.41) is 0. The summed E-state index contributed by atoms with van der Waals surface area (Å²) in [7, 11) is -0.224. The van der Waals surface area contributed by atoms with Gasteiger partial charge < -0.3 is 5.73 Å². The molecule has 2 unspecified atom stereocenters. The Morgan fingerprint density at radius 3 is 2.31 bits per heavy atom. The largest absolute Gasteiger partial charge is 0.330 e. The molecular weight excluding hydrogens is 226 g/mol. The van der Waals surface area contributed by atoms with Crippen molar-refractivity contribution in [3.05, 3.63) is 0 Å². The molecule has 1 saturated carbocycles. The molecule has 0 heterocycles. The molecule has 96 valence electrons. The van der Waals surface area contributed by atoms with E-state index in [1.807, 2.05) is 0 Å². The first-order valence-electron chi connectivity index (χ1n) is 5.84. The summed E-state index contributed by atoms with van der Waals surface area (Å²) in [6.07, 6.45) is 4.62. The van der Waals surface area contributed by atoms with Crippen LogP contribution in [-0.2, 0) is 10.2 Å². The number of nitrogens with two attached hydrogens (primary N) is 1. The van der Waals surface area contributed by atoms with E-state index in [0.29, 0.717) is 24.9 Å². The summed E-state index contributed by atoms with van der Waals surface area (Å²) in [6, 6.07) is 0. The van der Waals surface area contributed by atoms with Gasteiger partial charge in [-0.3, -0.25) is 0 Å². The molecule has 5 nitrogen and oxygen atoms in total. The van der Waals surface area contributed by atoms with Gasteiger partial charge in [0.15, 0.2) is 0 Å². The predicted octanol–water partition coefficient (Wildman–Crippen LogP) is 0.148. The number of rotatable bonds is 5. The lowest BCUT2D eigenvalue weighted by Crippen LogP contribution is -2.41. The minimum Gasteiger partial charge on any atom is -0.330 e. The highest BCUT2D eigenvalue weighted by Crippen LogP contribution is 2.28. The SMILES string of the molecule is CN(C)S(=O)(=O)NCC1CCCCC1CN. The van der Waals surface area contributed by atoms with Gasteiger partial charge in [-0.05, 0) is 31.2 Å². The van der Waals surface area contributed by atoms with E-state index in [0.717, 1.165) is 12.8 Å². The van der Waals surface area contributed by atoms with Crippen LogP contribution in [0.1, 0.15) is 25.7 Å². The van der Waals surface area contributed by atoms with Crippen molar-refractivity contribution in [1.29, 1.82) is 0 Å². The van der Waals surface area contributed by atoms with E-state index in [-0.39, 0.29) is 0 Å². The highest BCUT2D eigenvalue weighted by Gasteiger charge is 2.25. The van der Waals surface area contributed by atoms with Gasteiger partial charge in [0.2, 0.25) is 0 Å². The molecule has 0 aromatic carbocycles. The average molecular weight is 249 g/mol. The fraction of sp³-hybridized carbons (Fsp3) is 1.00. The first-order chi connectivity index (χ1) is 7.47. The zero-order valence-electron chi connectivity index (χ0n) is 10.1. The Kier molecular flexibility index (Phi) is 5.17. The molecule has 1 aliphatic rings. The highest BCUT2D eigenvalue weighted by atomic mass is 32.2. The number of hydrogen-bond donors (Lipinski definition) is 2. The van der Waals surface area contributed by atoms with Crippen LogP contribution in [0.2, 0.25) is 0 Å². The molecule has 3 N–H and O–H groups in total. The van der Waals surface area contributed by atoms with Gasteiger partial charge in [-0.25, -0.2) is 4.72 Å². The topological polar surface area (TPSA) is 75.4 Å². The fourth-order valence-electron chi connectivity index (χ4n) is 2.20. The van der Waals surface area contributed by atoms with E-state index in [1.54, 1.807) is 0 Å². The van der Waals surface area contributed by atoms with E-state index in [4.69, 9.17) is 5.73 Å². The lowest BCUT2D eigenvalue weighted by molar-refractivity contribution is 0.244. The van der Waals surface area contributed by atoms with Crippen molar-refractivity contribution in [2.75, 3.05) is 27.2 Å². The minimum atomic E-state index is -3.29. The summed E-state index contributed by atoms with van der Waals surface area (Å²) in [6.45, 7) is 1.18. The molecule has 0 spiro atoms. The van der Waals surface area contributed by atoms with Crippen LogP contribution in [0.15, 0.2) is 0 Å². The standard InChI is InChI=1S/C10H23N3O2S/c1-13(2)16(14,15)12-8-10-6-4-3-5-9(10)7-11/h9-10,12H,3-8,11H2,1-2H3. The first kappa shape index (κ1) is 13.9. The molecule has 1 aliphatic carbocycles. The van der Waals surface area contributed by atoms with Crippen LogP contribution in [0.4, 0.5) is 0 Å². The monoisotopic (exact) mass is 249 g/mol. The second kappa shape index (κ2) is 5.95. The molecule has 2 atom stereocenters. The Labute approximate surface area is 98.6 Å². The van der Waals surface area contributed by atoms with Gasteiger partial charge in [0.05, 0.1) is 0 Å². The Morgan fingerprint density at radius 1 is 1.25 bits per heavy atom. The third-order valence-corrected chi connectivity index (χ3v) is 4.87. The lowest BCUT2D eigenvalue weighted by atomic mass is 9.79. The smallest absolute Gasteiger partial charge is 0.278 e. The molecule has 0 amide bonds. The summed E-state index contributed by atoms with van der Waals surface area (Å²) in [5.74, 6) is 0.868. The highest BCUT2D eigenvalue weighted by molar-refractivity contribution is 7.87. The number of nitrogens with zero attached hydrogens (tertiary/aromatic N) is 1. The van der Waals surface area contributed by atoms with Crippen LogP contribution in [0, 0.1) is 11.8 Å². The maximum Gasteiger partial charge on any atom is 0.278 e. The number of hydrogen-bond acceptors (Lipinski definition) is 3. The van der Waals surface area contributed by atoms with Crippen molar-refractivity contribution >= 4 is 10.2 Å². The van der Waals surface area contributed by atoms with Gasteiger partial charge in [-0.15, -0.1) is 0 Å². The van der Waals surface area contributed by atoms with Crippen LogP contribution in [0.3, 0.4) is 0 Å². The van der Waals surface area contributed by atoms with Crippen molar-refractivity contribution in [2.24, 2.45) is 17.6 Å². The quantitative estimate of drug-likeness (QED) is 0.728. The van der Waals surface area contributed by atoms with Crippen LogP contribution >= 0.6 is 0 Å². The van der Waals surface area contributed by atoms with E-state index in [1.165, 1.54) is 31.2 Å². The number of nitrogens with one attached hydrogen (secondary N) is 1. The molecule has 0 aliphatic heterocycles. The Hall–Kier alpha value is -0.170. The Bertz CT molecular complexity index is 303. The summed E-state index contributed by atoms with van der Waals surface area (Å²) >= 11 is 0. The molecule has 0 aromatic heterocycles. The molecule has 0 saturated heterocycles. The first-order valence-corrected chi connectivity index (χ1v) is 7.28. The zero-order valence-corrected chi connectivity index (χ0v) is 11.0. The third kappa shape index (κ3) is 3.69. The summed E-state index contributed by atoms with van der Waals surface area (Å²) < 4.78 is 26.9. The third-order valence-electron chi connectivity index (χ3n) is 3.38. The summed E-state index contributed by atoms with van der Waals surface area (Å²) in [4.78, 5) is 0. The van der Waals surface area contributed by atoms with E-state index in [9.17, 15) is 8.42 Å². The molecular formula is C10H23N3O2S. The lowest BCUT2D eigenvalue weighted by Gasteiger charge is -2.30. The van der Waals surface area contributed by atoms with Crippen LogP contribution < -0.4 is 10.5 Å². The van der Waals surface area contributed by atoms with Crippen LogP contribution in [0.5, 0.6) is 0 Å². The molecule has 16 heavy (non-hydrogen) atoms. The van der Waals surface area contributed by atoms with Crippen LogP contribution in [-0.4, -0.2) is 39.9 Å². The molecule has 6 heteroatoms. The van der Waals surface area contributed by atoms with Gasteiger partial charge in [0.25, 0.3) is 10.2 Å². The van der Waals surface area contributed by atoms with Gasteiger partial charge >= 0.3 is 0 Å². The van der Waals surface area contributed by atoms with Gasteiger partial charge in [-0.1, -0.05) is 12.8 Å². The van der Waals surface area contributed by atoms with Gasteiger partial charge in [0, 0.05) is 20.6 Å². The summed E-state index contributed by atoms with van der Waals surface area (Å²) in [5.41, 5.74) is 5.71. The normalized spacial score (nSPS) is 27.2.